The number of ketones is 1. The Morgan fingerprint density at radius 1 is 1.41 bits per heavy atom. The SMILES string of the molecule is CCOC(=O)/C(=C\c1cncc(C)c1)C(C)=O. The first-order valence-corrected chi connectivity index (χ1v) is 5.36. The van der Waals surface area contributed by atoms with Crippen molar-refractivity contribution >= 4 is 17.8 Å². The molecule has 0 bridgehead atoms. The lowest BCUT2D eigenvalue weighted by Crippen LogP contribution is -2.13. The van der Waals surface area contributed by atoms with Crippen LogP contribution < -0.4 is 0 Å². The molecule has 0 saturated carbocycles. The van der Waals surface area contributed by atoms with E-state index >= 15 is 0 Å². The Morgan fingerprint density at radius 2 is 2.12 bits per heavy atom. The highest BCUT2D eigenvalue weighted by atomic mass is 16.5. The third kappa shape index (κ3) is 3.83. The van der Waals surface area contributed by atoms with Crippen LogP contribution in [0.2, 0.25) is 0 Å². The fourth-order valence-corrected chi connectivity index (χ4v) is 1.34. The molecule has 0 aliphatic heterocycles. The molecule has 0 spiro atoms. The molecule has 0 aliphatic rings. The number of aromatic nitrogens is 1. The summed E-state index contributed by atoms with van der Waals surface area (Å²) < 4.78 is 4.82. The number of carbonyl (C=O) groups excluding carboxylic acids is 2. The van der Waals surface area contributed by atoms with Crippen molar-refractivity contribution in [2.75, 3.05) is 6.61 Å². The minimum atomic E-state index is -0.596. The van der Waals surface area contributed by atoms with Gasteiger partial charge in [0.05, 0.1) is 6.61 Å². The zero-order valence-electron chi connectivity index (χ0n) is 10.2. The van der Waals surface area contributed by atoms with Gasteiger partial charge in [-0.1, -0.05) is 0 Å². The monoisotopic (exact) mass is 233 g/mol. The quantitative estimate of drug-likeness (QED) is 0.345. The smallest absolute Gasteiger partial charge is 0.341 e. The lowest BCUT2D eigenvalue weighted by molar-refractivity contribution is -0.139. The molecule has 0 fully saturated rings. The maximum Gasteiger partial charge on any atom is 0.341 e. The van der Waals surface area contributed by atoms with E-state index in [1.165, 1.54) is 13.0 Å². The normalized spacial score (nSPS) is 11.1. The van der Waals surface area contributed by atoms with E-state index in [9.17, 15) is 9.59 Å². The summed E-state index contributed by atoms with van der Waals surface area (Å²) in [5, 5.41) is 0. The van der Waals surface area contributed by atoms with Crippen LogP contribution in [0, 0.1) is 6.92 Å². The maximum absolute atomic E-state index is 11.5. The molecule has 1 aromatic heterocycles. The molecule has 0 aliphatic carbocycles. The molecule has 4 heteroatoms. The summed E-state index contributed by atoms with van der Waals surface area (Å²) in [6.07, 6.45) is 4.80. The second kappa shape index (κ2) is 5.94. The van der Waals surface area contributed by atoms with Gasteiger partial charge in [0.25, 0.3) is 0 Å². The summed E-state index contributed by atoms with van der Waals surface area (Å²) in [6.45, 7) is 5.17. The van der Waals surface area contributed by atoms with E-state index in [2.05, 4.69) is 4.98 Å². The summed E-state index contributed by atoms with van der Waals surface area (Å²) >= 11 is 0. The van der Waals surface area contributed by atoms with Gasteiger partial charge in [0.1, 0.15) is 5.57 Å². The molecular weight excluding hydrogens is 218 g/mol. The van der Waals surface area contributed by atoms with Crippen molar-refractivity contribution in [1.82, 2.24) is 4.98 Å². The number of hydrogen-bond acceptors (Lipinski definition) is 4. The molecule has 0 N–H and O–H groups in total. The first-order chi connectivity index (χ1) is 8.04. The van der Waals surface area contributed by atoms with E-state index in [0.717, 1.165) is 5.56 Å². The van der Waals surface area contributed by atoms with Gasteiger partial charge in [-0.3, -0.25) is 9.78 Å². The first-order valence-electron chi connectivity index (χ1n) is 5.36. The molecule has 0 atom stereocenters. The Balaban J connectivity index is 3.06. The van der Waals surface area contributed by atoms with E-state index < -0.39 is 5.97 Å². The highest BCUT2D eigenvalue weighted by Crippen LogP contribution is 2.10. The largest absolute Gasteiger partial charge is 0.462 e. The van der Waals surface area contributed by atoms with Gasteiger partial charge in [-0.05, 0) is 44.0 Å². The predicted molar refractivity (Wildman–Crippen MR) is 64.3 cm³/mol. The maximum atomic E-state index is 11.5. The van der Waals surface area contributed by atoms with Crippen molar-refractivity contribution in [1.29, 1.82) is 0 Å². The number of Topliss-reactive ketones (excluding diaryl/α,β-unsaturated/α-hetero) is 1. The van der Waals surface area contributed by atoms with Gasteiger partial charge in [-0.2, -0.15) is 0 Å². The molecule has 0 unspecified atom stereocenters. The number of ether oxygens (including phenoxy) is 1. The molecule has 1 aromatic rings. The highest BCUT2D eigenvalue weighted by Gasteiger charge is 2.15. The van der Waals surface area contributed by atoms with E-state index in [-0.39, 0.29) is 18.0 Å². The van der Waals surface area contributed by atoms with E-state index in [1.807, 2.05) is 13.0 Å². The van der Waals surface area contributed by atoms with E-state index in [4.69, 9.17) is 4.74 Å². The van der Waals surface area contributed by atoms with Crippen molar-refractivity contribution < 1.29 is 14.3 Å². The van der Waals surface area contributed by atoms with Crippen LogP contribution in [0.3, 0.4) is 0 Å². The summed E-state index contributed by atoms with van der Waals surface area (Å²) in [4.78, 5) is 26.9. The second-order valence-corrected chi connectivity index (χ2v) is 3.63. The van der Waals surface area contributed by atoms with Crippen molar-refractivity contribution in [3.8, 4) is 0 Å². The fraction of sp³-hybridized carbons (Fsp3) is 0.308. The lowest BCUT2D eigenvalue weighted by atomic mass is 10.1. The number of esters is 1. The zero-order chi connectivity index (χ0) is 12.8. The molecular formula is C13H15NO3. The standard InChI is InChI=1S/C13H15NO3/c1-4-17-13(16)12(10(3)15)6-11-5-9(2)7-14-8-11/h5-8H,4H2,1-3H3/b12-6-. The van der Waals surface area contributed by atoms with E-state index in [0.29, 0.717) is 5.56 Å². The van der Waals surface area contributed by atoms with Gasteiger partial charge < -0.3 is 4.74 Å². The van der Waals surface area contributed by atoms with Gasteiger partial charge in [-0.25, -0.2) is 4.79 Å². The van der Waals surface area contributed by atoms with Gasteiger partial charge in [0.2, 0.25) is 0 Å². The number of aryl methyl sites for hydroxylation is 1. The van der Waals surface area contributed by atoms with Crippen molar-refractivity contribution in [2.45, 2.75) is 20.8 Å². The van der Waals surface area contributed by atoms with Crippen LogP contribution in [-0.4, -0.2) is 23.3 Å². The zero-order valence-corrected chi connectivity index (χ0v) is 10.2. The predicted octanol–water partition coefficient (Wildman–Crippen LogP) is 1.93. The van der Waals surface area contributed by atoms with E-state index in [1.54, 1.807) is 19.3 Å². The van der Waals surface area contributed by atoms with Gasteiger partial charge in [0, 0.05) is 12.4 Å². The van der Waals surface area contributed by atoms with Crippen molar-refractivity contribution in [3.05, 3.63) is 35.2 Å². The molecule has 90 valence electrons. The molecule has 0 radical (unpaired) electrons. The number of pyridine rings is 1. The van der Waals surface area contributed by atoms with Crippen LogP contribution in [-0.2, 0) is 14.3 Å². The molecule has 4 nitrogen and oxygen atoms in total. The number of rotatable bonds is 4. The second-order valence-electron chi connectivity index (χ2n) is 3.63. The van der Waals surface area contributed by atoms with Gasteiger partial charge >= 0.3 is 5.97 Å². The molecule has 17 heavy (non-hydrogen) atoms. The third-order valence-corrected chi connectivity index (χ3v) is 2.08. The summed E-state index contributed by atoms with van der Waals surface area (Å²) in [5.41, 5.74) is 1.72. The van der Waals surface area contributed by atoms with Crippen LogP contribution in [0.5, 0.6) is 0 Å². The van der Waals surface area contributed by atoms with Crippen LogP contribution in [0.15, 0.2) is 24.0 Å². The van der Waals surface area contributed by atoms with Crippen LogP contribution in [0.4, 0.5) is 0 Å². The first kappa shape index (κ1) is 13.1. The van der Waals surface area contributed by atoms with Gasteiger partial charge in [0.15, 0.2) is 5.78 Å². The molecule has 0 aromatic carbocycles. The average Bonchev–Trinajstić information content (AvgIpc) is 2.26. The molecule has 0 amide bonds. The lowest BCUT2D eigenvalue weighted by Gasteiger charge is -2.03. The molecule has 0 saturated heterocycles. The number of hydrogen-bond donors (Lipinski definition) is 0. The Kier molecular flexibility index (Phi) is 4.57. The van der Waals surface area contributed by atoms with Crippen LogP contribution >= 0.6 is 0 Å². The minimum Gasteiger partial charge on any atom is -0.462 e. The highest BCUT2D eigenvalue weighted by molar-refractivity contribution is 6.19. The average molecular weight is 233 g/mol. The van der Waals surface area contributed by atoms with Gasteiger partial charge in [-0.15, -0.1) is 0 Å². The molecule has 1 heterocycles. The summed E-state index contributed by atoms with van der Waals surface area (Å²) in [5.74, 6) is -0.911. The Bertz CT molecular complexity index is 463. The van der Waals surface area contributed by atoms with Crippen molar-refractivity contribution in [3.63, 3.8) is 0 Å². The molecule has 1 rings (SSSR count). The van der Waals surface area contributed by atoms with Crippen molar-refractivity contribution in [2.24, 2.45) is 0 Å². The fourth-order valence-electron chi connectivity index (χ4n) is 1.34. The number of nitrogens with zero attached hydrogens (tertiary/aromatic N) is 1. The summed E-state index contributed by atoms with van der Waals surface area (Å²) in [7, 11) is 0. The Hall–Kier alpha value is -1.97. The Labute approximate surface area is 100 Å². The minimum absolute atomic E-state index is 0.0410. The topological polar surface area (TPSA) is 56.3 Å². The van der Waals surface area contributed by atoms with Crippen LogP contribution in [0.25, 0.3) is 6.08 Å². The van der Waals surface area contributed by atoms with Crippen LogP contribution in [0.1, 0.15) is 25.0 Å². The summed E-state index contributed by atoms with van der Waals surface area (Å²) in [6, 6.07) is 1.84. The third-order valence-electron chi connectivity index (χ3n) is 2.08. The number of carbonyl (C=O) groups is 2. The Morgan fingerprint density at radius 3 is 2.65 bits per heavy atom.